The molecule has 0 aliphatic carbocycles. The third-order valence-corrected chi connectivity index (χ3v) is 6.30. The standard InChI is InChI=1S/C31H61NO4/c1-9-10-11-12-13-14-15-16-17-18-19-20-21-22-27(33)32-24-31(7,8)26-35-25-30(5,6)23-28(34)36-29(2,3)4/h9-26H2,1-8H3,(H,32,33). The average Bonchev–Trinajstić information content (AvgIpc) is 2.73. The second kappa shape index (κ2) is 19.0. The lowest BCUT2D eigenvalue weighted by molar-refractivity contribution is -0.158. The molecule has 0 unspecified atom stereocenters. The first-order valence-electron chi connectivity index (χ1n) is 14.8. The Kier molecular flexibility index (Phi) is 18.5. The van der Waals surface area contributed by atoms with Crippen LogP contribution < -0.4 is 5.32 Å². The Labute approximate surface area is 224 Å². The number of carbonyl (C=O) groups is 2. The van der Waals surface area contributed by atoms with E-state index in [0.717, 1.165) is 12.8 Å². The molecule has 0 aromatic heterocycles. The minimum Gasteiger partial charge on any atom is -0.460 e. The molecule has 1 amide bonds. The van der Waals surface area contributed by atoms with Crippen LogP contribution in [0.15, 0.2) is 0 Å². The van der Waals surface area contributed by atoms with Crippen LogP contribution in [0.5, 0.6) is 0 Å². The van der Waals surface area contributed by atoms with Gasteiger partial charge in [0.05, 0.1) is 19.6 Å². The van der Waals surface area contributed by atoms with Crippen LogP contribution in [-0.4, -0.2) is 37.2 Å². The maximum absolute atomic E-state index is 12.3. The van der Waals surface area contributed by atoms with E-state index in [9.17, 15) is 9.59 Å². The fourth-order valence-electron chi connectivity index (χ4n) is 4.20. The molecule has 0 atom stereocenters. The fraction of sp³-hybridized carbons (Fsp3) is 0.935. The number of carbonyl (C=O) groups excluding carboxylic acids is 2. The first kappa shape index (κ1) is 34.9. The lowest BCUT2D eigenvalue weighted by atomic mass is 9.90. The number of ether oxygens (including phenoxy) is 2. The summed E-state index contributed by atoms with van der Waals surface area (Å²) in [6.07, 6.45) is 18.0. The van der Waals surface area contributed by atoms with E-state index < -0.39 is 5.60 Å². The Morgan fingerprint density at radius 1 is 0.639 bits per heavy atom. The summed E-state index contributed by atoms with van der Waals surface area (Å²) in [5, 5.41) is 3.08. The van der Waals surface area contributed by atoms with Gasteiger partial charge in [-0.05, 0) is 32.6 Å². The van der Waals surface area contributed by atoms with Crippen molar-refractivity contribution in [3.05, 3.63) is 0 Å². The normalized spacial score (nSPS) is 12.6. The molecular formula is C31H61NO4. The molecule has 0 aromatic carbocycles. The maximum Gasteiger partial charge on any atom is 0.306 e. The first-order chi connectivity index (χ1) is 16.8. The lowest BCUT2D eigenvalue weighted by Gasteiger charge is -2.29. The van der Waals surface area contributed by atoms with Crippen LogP contribution in [0.4, 0.5) is 0 Å². The Morgan fingerprint density at radius 3 is 1.56 bits per heavy atom. The van der Waals surface area contributed by atoms with E-state index in [1.54, 1.807) is 0 Å². The molecule has 0 rings (SSSR count). The molecule has 0 fully saturated rings. The van der Waals surface area contributed by atoms with Crippen molar-refractivity contribution in [2.45, 2.75) is 157 Å². The van der Waals surface area contributed by atoms with Crippen LogP contribution in [-0.2, 0) is 19.1 Å². The number of unbranched alkanes of at least 4 members (excludes halogenated alkanes) is 12. The zero-order valence-corrected chi connectivity index (χ0v) is 25.4. The molecule has 0 spiro atoms. The number of nitrogens with one attached hydrogen (secondary N) is 1. The maximum atomic E-state index is 12.3. The lowest BCUT2D eigenvalue weighted by Crippen LogP contribution is -2.37. The molecule has 0 aliphatic heterocycles. The minimum atomic E-state index is -0.471. The molecular weight excluding hydrogens is 450 g/mol. The zero-order chi connectivity index (χ0) is 27.5. The quantitative estimate of drug-likeness (QED) is 0.117. The summed E-state index contributed by atoms with van der Waals surface area (Å²) in [5.74, 6) is -0.0628. The van der Waals surface area contributed by atoms with Gasteiger partial charge in [0.15, 0.2) is 0 Å². The Hall–Kier alpha value is -1.10. The number of amides is 1. The predicted octanol–water partition coefficient (Wildman–Crippen LogP) is 8.38. The molecule has 0 saturated carbocycles. The van der Waals surface area contributed by atoms with Crippen LogP contribution in [0.2, 0.25) is 0 Å². The molecule has 5 heteroatoms. The van der Waals surface area contributed by atoms with Gasteiger partial charge in [-0.1, -0.05) is 112 Å². The number of esters is 1. The summed E-state index contributed by atoms with van der Waals surface area (Å²) in [7, 11) is 0. The van der Waals surface area contributed by atoms with Gasteiger partial charge in [-0.3, -0.25) is 9.59 Å². The highest BCUT2D eigenvalue weighted by Gasteiger charge is 2.28. The van der Waals surface area contributed by atoms with Crippen molar-refractivity contribution in [3.63, 3.8) is 0 Å². The molecule has 5 nitrogen and oxygen atoms in total. The monoisotopic (exact) mass is 511 g/mol. The second-order valence-corrected chi connectivity index (χ2v) is 13.4. The van der Waals surface area contributed by atoms with Crippen LogP contribution in [0.25, 0.3) is 0 Å². The topological polar surface area (TPSA) is 64.6 Å². The van der Waals surface area contributed by atoms with Gasteiger partial charge in [0.2, 0.25) is 5.91 Å². The predicted molar refractivity (Wildman–Crippen MR) is 152 cm³/mol. The van der Waals surface area contributed by atoms with Crippen LogP contribution in [0, 0.1) is 10.8 Å². The SMILES string of the molecule is CCCCCCCCCCCCCCCC(=O)NCC(C)(C)COCC(C)(C)CC(=O)OC(C)(C)C. The zero-order valence-electron chi connectivity index (χ0n) is 25.4. The number of hydrogen-bond donors (Lipinski definition) is 1. The highest BCUT2D eigenvalue weighted by molar-refractivity contribution is 5.75. The summed E-state index contributed by atoms with van der Waals surface area (Å²) in [6.45, 7) is 17.7. The van der Waals surface area contributed by atoms with Crippen molar-refractivity contribution < 1.29 is 19.1 Å². The van der Waals surface area contributed by atoms with Crippen molar-refractivity contribution in [1.82, 2.24) is 5.32 Å². The van der Waals surface area contributed by atoms with Crippen molar-refractivity contribution >= 4 is 11.9 Å². The summed E-state index contributed by atoms with van der Waals surface area (Å²) in [5.41, 5.74) is -0.926. The van der Waals surface area contributed by atoms with Crippen molar-refractivity contribution in [3.8, 4) is 0 Å². The van der Waals surface area contributed by atoms with Crippen LogP contribution in [0.1, 0.15) is 152 Å². The summed E-state index contributed by atoms with van der Waals surface area (Å²) < 4.78 is 11.4. The van der Waals surface area contributed by atoms with Gasteiger partial charge in [0.25, 0.3) is 0 Å². The summed E-state index contributed by atoms with van der Waals surface area (Å²) in [4.78, 5) is 24.4. The van der Waals surface area contributed by atoms with Crippen molar-refractivity contribution in [2.75, 3.05) is 19.8 Å². The van der Waals surface area contributed by atoms with Gasteiger partial charge in [-0.25, -0.2) is 0 Å². The molecule has 0 heterocycles. The van der Waals surface area contributed by atoms with Gasteiger partial charge < -0.3 is 14.8 Å². The molecule has 0 radical (unpaired) electrons. The molecule has 1 N–H and O–H groups in total. The number of hydrogen-bond acceptors (Lipinski definition) is 4. The molecule has 36 heavy (non-hydrogen) atoms. The molecule has 214 valence electrons. The van der Waals surface area contributed by atoms with Gasteiger partial charge in [-0.15, -0.1) is 0 Å². The fourth-order valence-corrected chi connectivity index (χ4v) is 4.20. The van der Waals surface area contributed by atoms with Gasteiger partial charge in [0, 0.05) is 18.4 Å². The van der Waals surface area contributed by atoms with Crippen molar-refractivity contribution in [2.24, 2.45) is 10.8 Å². The van der Waals surface area contributed by atoms with E-state index in [4.69, 9.17) is 9.47 Å². The third kappa shape index (κ3) is 23.3. The Balaban J connectivity index is 3.80. The Morgan fingerprint density at radius 2 is 1.08 bits per heavy atom. The van der Waals surface area contributed by atoms with E-state index in [1.807, 2.05) is 34.6 Å². The average molecular weight is 512 g/mol. The van der Waals surface area contributed by atoms with E-state index in [1.165, 1.54) is 70.6 Å². The van der Waals surface area contributed by atoms with E-state index in [0.29, 0.717) is 32.6 Å². The third-order valence-electron chi connectivity index (χ3n) is 6.30. The van der Waals surface area contributed by atoms with E-state index >= 15 is 0 Å². The molecule has 0 aromatic rings. The number of rotatable bonds is 22. The summed E-state index contributed by atoms with van der Waals surface area (Å²) >= 11 is 0. The largest absolute Gasteiger partial charge is 0.460 e. The van der Waals surface area contributed by atoms with Gasteiger partial charge in [0.1, 0.15) is 5.60 Å². The van der Waals surface area contributed by atoms with Crippen molar-refractivity contribution in [1.29, 1.82) is 0 Å². The second-order valence-electron chi connectivity index (χ2n) is 13.4. The van der Waals surface area contributed by atoms with Gasteiger partial charge in [-0.2, -0.15) is 0 Å². The first-order valence-corrected chi connectivity index (χ1v) is 14.8. The van der Waals surface area contributed by atoms with Gasteiger partial charge >= 0.3 is 5.97 Å². The van der Waals surface area contributed by atoms with E-state index in [-0.39, 0.29) is 22.7 Å². The molecule has 0 saturated heterocycles. The Bertz CT molecular complexity index is 578. The van der Waals surface area contributed by atoms with E-state index in [2.05, 4.69) is 26.1 Å². The van der Waals surface area contributed by atoms with Crippen LogP contribution in [0.3, 0.4) is 0 Å². The highest BCUT2D eigenvalue weighted by Crippen LogP contribution is 2.25. The van der Waals surface area contributed by atoms with Crippen LogP contribution >= 0.6 is 0 Å². The summed E-state index contributed by atoms with van der Waals surface area (Å²) in [6, 6.07) is 0. The minimum absolute atomic E-state index is 0.136. The highest BCUT2D eigenvalue weighted by atomic mass is 16.6. The molecule has 0 aliphatic rings. The smallest absolute Gasteiger partial charge is 0.306 e. The molecule has 0 bridgehead atoms.